The molecule has 1 heterocycles. The first-order valence-corrected chi connectivity index (χ1v) is 5.32. The molecule has 0 spiro atoms. The Morgan fingerprint density at radius 1 is 1.42 bits per heavy atom. The van der Waals surface area contributed by atoms with Crippen LogP contribution in [-0.2, 0) is 6.42 Å². The highest BCUT2D eigenvalue weighted by atomic mass is 19.1. The van der Waals surface area contributed by atoms with Gasteiger partial charge in [-0.15, -0.1) is 0 Å². The number of nitrogens with two attached hydrogens (primary N) is 1. The summed E-state index contributed by atoms with van der Waals surface area (Å²) in [6, 6.07) is 1.56. The van der Waals surface area contributed by atoms with Crippen LogP contribution in [0.25, 0.3) is 11.3 Å². The van der Waals surface area contributed by atoms with Crippen LogP contribution in [-0.4, -0.2) is 16.5 Å². The van der Waals surface area contributed by atoms with E-state index in [1.165, 1.54) is 0 Å². The highest BCUT2D eigenvalue weighted by molar-refractivity contribution is 5.62. The highest BCUT2D eigenvalue weighted by Crippen LogP contribution is 2.32. The van der Waals surface area contributed by atoms with Crippen LogP contribution in [0.15, 0.2) is 22.7 Å². The number of rotatable bonds is 4. The Morgan fingerprint density at radius 2 is 2.16 bits per heavy atom. The summed E-state index contributed by atoms with van der Waals surface area (Å²) >= 11 is 0. The summed E-state index contributed by atoms with van der Waals surface area (Å²) in [5.41, 5.74) is 3.86. The lowest BCUT2D eigenvalue weighted by Gasteiger charge is -2.01. The van der Waals surface area contributed by atoms with E-state index in [1.807, 2.05) is 0 Å². The van der Waals surface area contributed by atoms with Crippen LogP contribution in [0, 0.1) is 21.7 Å². The van der Waals surface area contributed by atoms with Gasteiger partial charge in [0.2, 0.25) is 5.82 Å². The van der Waals surface area contributed by atoms with Gasteiger partial charge in [0.1, 0.15) is 5.82 Å². The molecule has 0 unspecified atom stereocenters. The Hall–Kier alpha value is -2.35. The standard InChI is InChI=1S/C11H9F2N3O3/c12-6-1-2-7(16(17)18)11(13)10(6)8-5-15-9(19-8)3-4-14/h1-2,5H,3-4,14H2. The fraction of sp³-hybridized carbons (Fsp3) is 0.182. The summed E-state index contributed by atoms with van der Waals surface area (Å²) < 4.78 is 32.6. The van der Waals surface area contributed by atoms with E-state index >= 15 is 0 Å². The molecule has 0 fully saturated rings. The first kappa shape index (κ1) is 13.1. The number of oxazole rings is 1. The molecule has 1 aromatic carbocycles. The third-order valence-electron chi connectivity index (χ3n) is 2.43. The molecule has 0 saturated heterocycles. The Labute approximate surface area is 106 Å². The van der Waals surface area contributed by atoms with E-state index in [4.69, 9.17) is 10.2 Å². The number of hydrogen-bond acceptors (Lipinski definition) is 5. The van der Waals surface area contributed by atoms with E-state index in [0.717, 1.165) is 18.3 Å². The van der Waals surface area contributed by atoms with Crippen molar-refractivity contribution in [2.45, 2.75) is 6.42 Å². The van der Waals surface area contributed by atoms with Crippen LogP contribution in [0.3, 0.4) is 0 Å². The highest BCUT2D eigenvalue weighted by Gasteiger charge is 2.24. The molecule has 0 saturated carbocycles. The minimum atomic E-state index is -1.29. The van der Waals surface area contributed by atoms with Gasteiger partial charge in [0.15, 0.2) is 11.7 Å². The Bertz CT molecular complexity index is 628. The number of benzene rings is 1. The summed E-state index contributed by atoms with van der Waals surface area (Å²) in [4.78, 5) is 13.5. The van der Waals surface area contributed by atoms with Gasteiger partial charge < -0.3 is 10.2 Å². The largest absolute Gasteiger partial charge is 0.440 e. The molecule has 8 heteroatoms. The van der Waals surface area contributed by atoms with Crippen molar-refractivity contribution < 1.29 is 18.1 Å². The molecule has 0 aliphatic carbocycles. The van der Waals surface area contributed by atoms with Gasteiger partial charge in [-0.2, -0.15) is 4.39 Å². The summed E-state index contributed by atoms with van der Waals surface area (Å²) in [6.45, 7) is 0.264. The number of aromatic nitrogens is 1. The fourth-order valence-electron chi connectivity index (χ4n) is 1.57. The molecule has 0 aliphatic rings. The van der Waals surface area contributed by atoms with Gasteiger partial charge in [-0.1, -0.05) is 0 Å². The summed E-state index contributed by atoms with van der Waals surface area (Å²) in [7, 11) is 0. The lowest BCUT2D eigenvalue weighted by Crippen LogP contribution is -2.02. The van der Waals surface area contributed by atoms with Crippen molar-refractivity contribution in [1.29, 1.82) is 0 Å². The number of halogens is 2. The zero-order valence-corrected chi connectivity index (χ0v) is 9.60. The van der Waals surface area contributed by atoms with Crippen molar-refractivity contribution in [1.82, 2.24) is 4.98 Å². The van der Waals surface area contributed by atoms with Gasteiger partial charge in [0, 0.05) is 19.0 Å². The van der Waals surface area contributed by atoms with E-state index < -0.39 is 27.8 Å². The van der Waals surface area contributed by atoms with E-state index in [1.54, 1.807) is 0 Å². The molecule has 1 aromatic heterocycles. The smallest absolute Gasteiger partial charge is 0.305 e. The van der Waals surface area contributed by atoms with Crippen LogP contribution in [0.5, 0.6) is 0 Å². The quantitative estimate of drug-likeness (QED) is 0.676. The first-order chi connectivity index (χ1) is 9.04. The summed E-state index contributed by atoms with van der Waals surface area (Å²) in [5.74, 6) is -2.25. The lowest BCUT2D eigenvalue weighted by molar-refractivity contribution is -0.387. The first-order valence-electron chi connectivity index (χ1n) is 5.32. The van der Waals surface area contributed by atoms with Gasteiger partial charge >= 0.3 is 5.69 Å². The minimum absolute atomic E-state index is 0.206. The molecule has 6 nitrogen and oxygen atoms in total. The number of nitro benzene ring substituents is 1. The van der Waals surface area contributed by atoms with Crippen molar-refractivity contribution in [3.05, 3.63) is 46.0 Å². The predicted octanol–water partition coefficient (Wildman–Crippen LogP) is 2.03. The molecule has 0 aliphatic heterocycles. The van der Waals surface area contributed by atoms with Crippen molar-refractivity contribution in [2.75, 3.05) is 6.54 Å². The van der Waals surface area contributed by atoms with Crippen molar-refractivity contribution in [3.8, 4) is 11.3 Å². The molecule has 0 radical (unpaired) electrons. The van der Waals surface area contributed by atoms with Crippen molar-refractivity contribution in [2.24, 2.45) is 5.73 Å². The Morgan fingerprint density at radius 3 is 2.79 bits per heavy atom. The summed E-state index contributed by atoms with van der Waals surface area (Å²) in [6.07, 6.45) is 1.41. The fourth-order valence-corrected chi connectivity index (χ4v) is 1.57. The van der Waals surface area contributed by atoms with E-state index in [2.05, 4.69) is 4.98 Å². The predicted molar refractivity (Wildman–Crippen MR) is 61.3 cm³/mol. The molecule has 100 valence electrons. The van der Waals surface area contributed by atoms with Gasteiger partial charge in [-0.05, 0) is 6.07 Å². The molecule has 19 heavy (non-hydrogen) atoms. The average molecular weight is 269 g/mol. The molecular formula is C11H9F2N3O3. The third kappa shape index (κ3) is 2.43. The maximum absolute atomic E-state index is 13.9. The zero-order valence-electron chi connectivity index (χ0n) is 9.60. The van der Waals surface area contributed by atoms with Crippen molar-refractivity contribution in [3.63, 3.8) is 0 Å². The summed E-state index contributed by atoms with van der Waals surface area (Å²) in [5, 5.41) is 10.6. The third-order valence-corrected chi connectivity index (χ3v) is 2.43. The van der Waals surface area contributed by atoms with E-state index in [-0.39, 0.29) is 18.2 Å². The Kier molecular flexibility index (Phi) is 3.52. The van der Waals surface area contributed by atoms with Gasteiger partial charge in [-0.25, -0.2) is 9.37 Å². The molecular weight excluding hydrogens is 260 g/mol. The molecule has 2 rings (SSSR count). The van der Waals surface area contributed by atoms with Gasteiger partial charge in [-0.3, -0.25) is 10.1 Å². The lowest BCUT2D eigenvalue weighted by atomic mass is 10.1. The van der Waals surface area contributed by atoms with E-state index in [9.17, 15) is 18.9 Å². The second kappa shape index (κ2) is 5.11. The monoisotopic (exact) mass is 269 g/mol. The zero-order chi connectivity index (χ0) is 14.0. The maximum atomic E-state index is 13.9. The van der Waals surface area contributed by atoms with Gasteiger partial charge in [0.05, 0.1) is 16.7 Å². The van der Waals surface area contributed by atoms with E-state index in [0.29, 0.717) is 6.42 Å². The normalized spacial score (nSPS) is 10.7. The van der Waals surface area contributed by atoms with Gasteiger partial charge in [0.25, 0.3) is 0 Å². The number of nitrogens with zero attached hydrogens (tertiary/aromatic N) is 2. The molecule has 2 aromatic rings. The van der Waals surface area contributed by atoms with Crippen LogP contribution in [0.2, 0.25) is 0 Å². The van der Waals surface area contributed by atoms with Crippen LogP contribution >= 0.6 is 0 Å². The molecule has 0 bridgehead atoms. The Balaban J connectivity index is 2.53. The molecule has 2 N–H and O–H groups in total. The maximum Gasteiger partial charge on any atom is 0.305 e. The van der Waals surface area contributed by atoms with Crippen LogP contribution < -0.4 is 5.73 Å². The average Bonchev–Trinajstić information content (AvgIpc) is 2.77. The number of nitro groups is 1. The SMILES string of the molecule is NCCc1ncc(-c2c(F)ccc([N+](=O)[O-])c2F)o1. The minimum Gasteiger partial charge on any atom is -0.440 e. The number of hydrogen-bond donors (Lipinski definition) is 1. The van der Waals surface area contributed by atoms with Crippen LogP contribution in [0.1, 0.15) is 5.89 Å². The molecule has 0 atom stereocenters. The topological polar surface area (TPSA) is 95.2 Å². The van der Waals surface area contributed by atoms with Crippen molar-refractivity contribution >= 4 is 5.69 Å². The second-order valence-electron chi connectivity index (χ2n) is 3.67. The van der Waals surface area contributed by atoms with Crippen LogP contribution in [0.4, 0.5) is 14.5 Å². The molecule has 0 amide bonds. The second-order valence-corrected chi connectivity index (χ2v) is 3.67.